The topological polar surface area (TPSA) is 14.1 Å². The number of hydrogen-bond acceptors (Lipinski definition) is 0. The van der Waals surface area contributed by atoms with E-state index in [0.717, 1.165) is 0 Å². The first-order chi connectivity index (χ1) is 13.9. The van der Waals surface area contributed by atoms with Crippen molar-refractivity contribution in [2.75, 3.05) is 0 Å². The molecule has 150 valence electrons. The molecule has 0 fully saturated rings. The zero-order valence-corrected chi connectivity index (χ0v) is 20.4. The van der Waals surface area contributed by atoms with Crippen LogP contribution in [0.3, 0.4) is 0 Å². The van der Waals surface area contributed by atoms with Gasteiger partial charge >= 0.3 is 35.6 Å². The van der Waals surface area contributed by atoms with Crippen molar-refractivity contribution in [1.29, 1.82) is 0 Å². The number of nitrogens with zero attached hydrogens (tertiary/aromatic N) is 1. The molecule has 3 aromatic rings. The fourth-order valence-corrected chi connectivity index (χ4v) is 4.30. The third-order valence-electron chi connectivity index (χ3n) is 5.17. The fraction of sp³-hybridized carbons (Fsp3) is 0.280. The van der Waals surface area contributed by atoms with Gasteiger partial charge in [-0.3, -0.25) is 0 Å². The molecule has 4 heteroatoms. The Labute approximate surface area is 191 Å². The van der Waals surface area contributed by atoms with Crippen LogP contribution in [0, 0.1) is 0 Å². The quantitative estimate of drug-likeness (QED) is 0.273. The van der Waals surface area contributed by atoms with Crippen molar-refractivity contribution >= 4 is 18.6 Å². The van der Waals surface area contributed by atoms with E-state index in [2.05, 4.69) is 100 Å². The van der Waals surface area contributed by atoms with Crippen molar-refractivity contribution in [3.63, 3.8) is 0 Å². The van der Waals surface area contributed by atoms with E-state index in [1.807, 2.05) is 0 Å². The van der Waals surface area contributed by atoms with Crippen molar-refractivity contribution in [2.24, 2.45) is 0 Å². The zero-order chi connectivity index (χ0) is 21.0. The van der Waals surface area contributed by atoms with E-state index >= 15 is 0 Å². The number of hydrogen-bond donors (Lipinski definition) is 0. The van der Waals surface area contributed by atoms with Crippen LogP contribution in [0.15, 0.2) is 72.8 Å². The van der Waals surface area contributed by atoms with Gasteiger partial charge in [-0.05, 0) is 27.8 Å². The minimum absolute atomic E-state index is 0.0436. The van der Waals surface area contributed by atoms with Gasteiger partial charge in [-0.1, -0.05) is 106 Å². The first-order valence-electron chi connectivity index (χ1n) is 9.82. The van der Waals surface area contributed by atoms with Crippen LogP contribution in [0.1, 0.15) is 61.9 Å². The Hall–Kier alpha value is -1.09. The summed E-state index contributed by atoms with van der Waals surface area (Å²) in [5, 5.41) is 5.02. The van der Waals surface area contributed by atoms with Crippen molar-refractivity contribution < 1.29 is 17.0 Å². The van der Waals surface area contributed by atoms with Crippen LogP contribution in [0.4, 0.5) is 0 Å². The van der Waals surface area contributed by atoms with Gasteiger partial charge in [-0.25, -0.2) is 0 Å². The monoisotopic (exact) mass is 458 g/mol. The summed E-state index contributed by atoms with van der Waals surface area (Å²) >= 11 is -0.556. The molecule has 1 unspecified atom stereocenters. The number of fused-ring (bicyclic) bond motifs is 3. The van der Waals surface area contributed by atoms with E-state index in [4.69, 9.17) is 23.9 Å². The van der Waals surface area contributed by atoms with Crippen LogP contribution >= 0.6 is 18.6 Å². The van der Waals surface area contributed by atoms with Crippen LogP contribution in [-0.2, 0) is 17.0 Å². The molecule has 1 aliphatic carbocycles. The molecule has 4 rings (SSSR count). The van der Waals surface area contributed by atoms with E-state index in [0.29, 0.717) is 0 Å². The first-order valence-corrected chi connectivity index (χ1v) is 14.1. The maximum atomic E-state index is 5.02. The first kappa shape index (κ1) is 22.6. The molecular formula is C25H26Cl2NTi-. The summed E-state index contributed by atoms with van der Waals surface area (Å²) in [6, 6.07) is 26.7. The van der Waals surface area contributed by atoms with Gasteiger partial charge in [0.05, 0.1) is 0 Å². The molecular weight excluding hydrogens is 433 g/mol. The summed E-state index contributed by atoms with van der Waals surface area (Å²) < 4.78 is 0. The predicted octanol–water partition coefficient (Wildman–Crippen LogP) is 8.46. The maximum absolute atomic E-state index is 5.02. The molecule has 0 radical (unpaired) electrons. The summed E-state index contributed by atoms with van der Waals surface area (Å²) in [4.78, 5) is 0. The Morgan fingerprint density at radius 1 is 0.759 bits per heavy atom. The second-order valence-electron chi connectivity index (χ2n) is 8.28. The van der Waals surface area contributed by atoms with Crippen molar-refractivity contribution in [3.8, 4) is 11.1 Å². The van der Waals surface area contributed by atoms with Crippen LogP contribution in [0.25, 0.3) is 16.4 Å². The number of halogens is 2. The molecule has 0 saturated carbocycles. The normalized spacial score (nSPS) is 13.7. The van der Waals surface area contributed by atoms with Crippen molar-refractivity contribution in [1.82, 2.24) is 0 Å². The summed E-state index contributed by atoms with van der Waals surface area (Å²) in [6.07, 6.45) is 0. The molecule has 0 aromatic heterocycles. The molecule has 1 atom stereocenters. The number of rotatable bonds is 3. The molecule has 0 bridgehead atoms. The Balaban J connectivity index is 0.000000755. The average Bonchev–Trinajstić information content (AvgIpc) is 3.02. The van der Waals surface area contributed by atoms with E-state index < -0.39 is 17.0 Å². The molecule has 0 N–H and O–H groups in total. The van der Waals surface area contributed by atoms with Crippen LogP contribution in [-0.4, -0.2) is 5.54 Å². The molecule has 0 aliphatic heterocycles. The van der Waals surface area contributed by atoms with E-state index in [9.17, 15) is 0 Å². The Morgan fingerprint density at radius 2 is 1.17 bits per heavy atom. The molecule has 1 aliphatic rings. The second kappa shape index (κ2) is 9.81. The SMILES string of the molecule is CC([N-]C(C)(C)C)c1ccccc1C1c2ccccc2-c2ccccc21.[Cl][Ti][Cl]. The molecule has 0 amide bonds. The minimum atomic E-state index is -0.556. The van der Waals surface area contributed by atoms with Crippen molar-refractivity contribution in [3.05, 3.63) is 100 Å². The zero-order valence-electron chi connectivity index (χ0n) is 17.3. The molecule has 29 heavy (non-hydrogen) atoms. The van der Waals surface area contributed by atoms with Gasteiger partial charge in [0.1, 0.15) is 0 Å². The standard InChI is InChI=1S/C25H26N.2ClH.Ti/c1-17(26-25(2,3)4)18-11-5-8-14-21(18)24-22-15-9-6-12-19(22)20-13-7-10-16-23(20)24;;;/h5-17,24H,1-4H3;2*1H;/q-1;;;+2/p-2. The Morgan fingerprint density at radius 3 is 1.66 bits per heavy atom. The van der Waals surface area contributed by atoms with Crippen LogP contribution in [0.2, 0.25) is 0 Å². The van der Waals surface area contributed by atoms with Crippen LogP contribution < -0.4 is 0 Å². The van der Waals surface area contributed by atoms with E-state index in [1.54, 1.807) is 0 Å². The summed E-state index contributed by atoms with van der Waals surface area (Å²) in [6.45, 7) is 8.74. The molecule has 0 spiro atoms. The summed E-state index contributed by atoms with van der Waals surface area (Å²) in [5.74, 6) is 0.288. The van der Waals surface area contributed by atoms with Gasteiger partial charge in [-0.2, -0.15) is 0 Å². The molecule has 0 heterocycles. The van der Waals surface area contributed by atoms with Gasteiger partial charge < -0.3 is 5.32 Å². The third kappa shape index (κ3) is 5.16. The molecule has 3 aromatic carbocycles. The number of benzene rings is 3. The Bertz CT molecular complexity index is 919. The average molecular weight is 459 g/mol. The molecule has 1 nitrogen and oxygen atoms in total. The third-order valence-corrected chi connectivity index (χ3v) is 5.17. The Kier molecular flexibility index (Phi) is 7.65. The van der Waals surface area contributed by atoms with Crippen molar-refractivity contribution in [2.45, 2.75) is 45.2 Å². The van der Waals surface area contributed by atoms with Gasteiger partial charge in [0, 0.05) is 5.92 Å². The van der Waals surface area contributed by atoms with E-state index in [1.165, 1.54) is 33.4 Å². The van der Waals surface area contributed by atoms with Gasteiger partial charge in [-0.15, -0.1) is 11.6 Å². The van der Waals surface area contributed by atoms with Gasteiger partial charge in [0.25, 0.3) is 0 Å². The van der Waals surface area contributed by atoms with E-state index in [-0.39, 0.29) is 17.5 Å². The second-order valence-corrected chi connectivity index (χ2v) is 10.9. The predicted molar refractivity (Wildman–Crippen MR) is 122 cm³/mol. The molecule has 0 saturated heterocycles. The summed E-state index contributed by atoms with van der Waals surface area (Å²) in [5.41, 5.74) is 8.21. The fourth-order valence-electron chi connectivity index (χ4n) is 4.30. The summed E-state index contributed by atoms with van der Waals surface area (Å²) in [7, 11) is 9.78. The van der Waals surface area contributed by atoms with Gasteiger partial charge in [0.2, 0.25) is 0 Å². The van der Waals surface area contributed by atoms with Gasteiger partial charge in [0.15, 0.2) is 0 Å². The van der Waals surface area contributed by atoms with Crippen LogP contribution in [0.5, 0.6) is 0 Å².